The summed E-state index contributed by atoms with van der Waals surface area (Å²) in [5, 5.41) is 8.64. The van der Waals surface area contributed by atoms with Crippen LogP contribution in [0.25, 0.3) is 0 Å². The van der Waals surface area contributed by atoms with Gasteiger partial charge in [-0.3, -0.25) is 0 Å². The largest absolute Gasteiger partial charge is 0.396 e. The van der Waals surface area contributed by atoms with Gasteiger partial charge in [-0.25, -0.2) is 3.11 Å². The Bertz CT molecular complexity index is 99.5. The second-order valence-corrected chi connectivity index (χ2v) is 4.58. The molecule has 0 atom stereocenters. The normalized spacial score (nSPS) is 22.4. The molecular weight excluding hydrogens is 253 g/mol. The van der Waals surface area contributed by atoms with Crippen LogP contribution in [0, 0.1) is 5.92 Å². The Morgan fingerprint density at radius 2 is 2.00 bits per heavy atom. The van der Waals surface area contributed by atoms with Crippen LogP contribution in [-0.4, -0.2) is 27.9 Å². The lowest BCUT2D eigenvalue weighted by Gasteiger charge is -2.27. The van der Waals surface area contributed by atoms with Crippen LogP contribution in [0.1, 0.15) is 25.7 Å². The second kappa shape index (κ2) is 5.32. The molecule has 1 saturated heterocycles. The molecule has 66 valence electrons. The molecule has 1 fully saturated rings. The molecule has 1 heterocycles. The third-order valence-electron chi connectivity index (χ3n) is 2.33. The van der Waals surface area contributed by atoms with Crippen LogP contribution in [0.5, 0.6) is 0 Å². The number of halogens is 1. The zero-order chi connectivity index (χ0) is 8.10. The predicted octanol–water partition coefficient (Wildman–Crippen LogP) is 1.82. The van der Waals surface area contributed by atoms with Gasteiger partial charge in [0.05, 0.1) is 0 Å². The van der Waals surface area contributed by atoms with Gasteiger partial charge < -0.3 is 5.11 Å². The van der Waals surface area contributed by atoms with Crippen molar-refractivity contribution in [1.82, 2.24) is 3.11 Å². The lowest BCUT2D eigenvalue weighted by atomic mass is 9.93. The summed E-state index contributed by atoms with van der Waals surface area (Å²) in [4.78, 5) is 0. The minimum atomic E-state index is 0.366. The van der Waals surface area contributed by atoms with Crippen LogP contribution >= 0.6 is 22.9 Å². The Hall–Kier alpha value is 0.650. The Balaban J connectivity index is 2.07. The fourth-order valence-corrected chi connectivity index (χ4v) is 2.13. The number of hydrogen-bond donors (Lipinski definition) is 1. The van der Waals surface area contributed by atoms with Gasteiger partial charge in [0.2, 0.25) is 0 Å². The first-order valence-electron chi connectivity index (χ1n) is 4.34. The van der Waals surface area contributed by atoms with E-state index in [0.717, 1.165) is 12.3 Å². The monoisotopic (exact) mass is 269 g/mol. The summed E-state index contributed by atoms with van der Waals surface area (Å²) in [6.07, 6.45) is 4.86. The van der Waals surface area contributed by atoms with Crippen LogP contribution in [0.15, 0.2) is 0 Å². The van der Waals surface area contributed by atoms with Crippen molar-refractivity contribution in [3.63, 3.8) is 0 Å². The maximum absolute atomic E-state index is 8.64. The topological polar surface area (TPSA) is 23.5 Å². The summed E-state index contributed by atoms with van der Waals surface area (Å²) in [7, 11) is 0. The van der Waals surface area contributed by atoms with Gasteiger partial charge in [-0.05, 0) is 31.6 Å². The van der Waals surface area contributed by atoms with E-state index >= 15 is 0 Å². The van der Waals surface area contributed by atoms with E-state index in [9.17, 15) is 0 Å². The number of aliphatic hydroxyl groups excluding tert-OH is 1. The molecule has 0 spiro atoms. The molecule has 0 aromatic carbocycles. The number of aliphatic hydroxyl groups is 1. The lowest BCUT2D eigenvalue weighted by Crippen LogP contribution is -2.25. The van der Waals surface area contributed by atoms with Crippen molar-refractivity contribution in [2.45, 2.75) is 25.7 Å². The van der Waals surface area contributed by atoms with E-state index in [1.807, 2.05) is 0 Å². The first kappa shape index (κ1) is 9.74. The van der Waals surface area contributed by atoms with Crippen LogP contribution in [-0.2, 0) is 0 Å². The third-order valence-corrected chi connectivity index (χ3v) is 3.30. The molecule has 0 bridgehead atoms. The molecule has 0 saturated carbocycles. The molecule has 3 heteroatoms. The predicted molar refractivity (Wildman–Crippen MR) is 54.6 cm³/mol. The average Bonchev–Trinajstić information content (AvgIpc) is 2.04. The Kier molecular flexibility index (Phi) is 4.71. The minimum absolute atomic E-state index is 0.366. The SMILES string of the molecule is OCCCC1CCN(I)CC1. The first-order valence-corrected chi connectivity index (χ1v) is 5.31. The maximum atomic E-state index is 8.64. The van der Waals surface area contributed by atoms with Crippen molar-refractivity contribution >= 4 is 22.9 Å². The summed E-state index contributed by atoms with van der Waals surface area (Å²) in [6, 6.07) is 0. The Morgan fingerprint density at radius 1 is 1.36 bits per heavy atom. The molecular formula is C8H16INO. The van der Waals surface area contributed by atoms with Gasteiger partial charge in [0.1, 0.15) is 0 Å². The molecule has 0 unspecified atom stereocenters. The zero-order valence-electron chi connectivity index (χ0n) is 6.80. The van der Waals surface area contributed by atoms with Gasteiger partial charge in [0.25, 0.3) is 0 Å². The van der Waals surface area contributed by atoms with Crippen LogP contribution in [0.2, 0.25) is 0 Å². The van der Waals surface area contributed by atoms with Crippen LogP contribution in [0.3, 0.4) is 0 Å². The zero-order valence-corrected chi connectivity index (χ0v) is 8.96. The molecule has 0 amide bonds. The van der Waals surface area contributed by atoms with E-state index in [0.29, 0.717) is 6.61 Å². The van der Waals surface area contributed by atoms with E-state index in [-0.39, 0.29) is 0 Å². The van der Waals surface area contributed by atoms with E-state index in [4.69, 9.17) is 5.11 Å². The minimum Gasteiger partial charge on any atom is -0.396 e. The number of rotatable bonds is 3. The highest BCUT2D eigenvalue weighted by molar-refractivity contribution is 14.1. The van der Waals surface area contributed by atoms with Crippen molar-refractivity contribution in [2.75, 3.05) is 19.7 Å². The molecule has 0 aromatic heterocycles. The van der Waals surface area contributed by atoms with E-state index in [1.54, 1.807) is 0 Å². The summed E-state index contributed by atoms with van der Waals surface area (Å²) in [5.74, 6) is 0.883. The number of hydrogen-bond acceptors (Lipinski definition) is 2. The molecule has 0 radical (unpaired) electrons. The van der Waals surface area contributed by atoms with Crippen molar-refractivity contribution in [1.29, 1.82) is 0 Å². The fourth-order valence-electron chi connectivity index (χ4n) is 1.57. The van der Waals surface area contributed by atoms with Gasteiger partial charge in [0.15, 0.2) is 0 Å². The molecule has 0 aliphatic carbocycles. The number of piperidine rings is 1. The summed E-state index contributed by atoms with van der Waals surface area (Å²) < 4.78 is 2.35. The standard InChI is InChI=1S/C8H16INO/c9-10-5-3-8(4-6-10)2-1-7-11/h8,11H,1-7H2. The van der Waals surface area contributed by atoms with Crippen molar-refractivity contribution in [3.05, 3.63) is 0 Å². The molecule has 1 aliphatic heterocycles. The van der Waals surface area contributed by atoms with Crippen molar-refractivity contribution < 1.29 is 5.11 Å². The first-order chi connectivity index (χ1) is 5.33. The van der Waals surface area contributed by atoms with Gasteiger partial charge in [0, 0.05) is 42.6 Å². The van der Waals surface area contributed by atoms with E-state index in [2.05, 4.69) is 26.0 Å². The summed E-state index contributed by atoms with van der Waals surface area (Å²) in [5.41, 5.74) is 0. The van der Waals surface area contributed by atoms with E-state index in [1.165, 1.54) is 32.4 Å². The van der Waals surface area contributed by atoms with Gasteiger partial charge in [-0.15, -0.1) is 0 Å². The number of nitrogens with zero attached hydrogens (tertiary/aromatic N) is 1. The van der Waals surface area contributed by atoms with Crippen LogP contribution < -0.4 is 0 Å². The smallest absolute Gasteiger partial charge is 0.0431 e. The molecule has 0 aromatic rings. The summed E-state index contributed by atoms with van der Waals surface area (Å²) in [6.45, 7) is 2.83. The molecule has 2 nitrogen and oxygen atoms in total. The quantitative estimate of drug-likeness (QED) is 0.624. The van der Waals surface area contributed by atoms with Gasteiger partial charge in [-0.1, -0.05) is 0 Å². The molecule has 1 aliphatic rings. The van der Waals surface area contributed by atoms with Crippen molar-refractivity contribution in [2.24, 2.45) is 5.92 Å². The second-order valence-electron chi connectivity index (χ2n) is 3.22. The lowest BCUT2D eigenvalue weighted by molar-refractivity contribution is 0.242. The highest BCUT2D eigenvalue weighted by Gasteiger charge is 2.16. The summed E-state index contributed by atoms with van der Waals surface area (Å²) >= 11 is 2.39. The van der Waals surface area contributed by atoms with Crippen LogP contribution in [0.4, 0.5) is 0 Å². The van der Waals surface area contributed by atoms with Gasteiger partial charge >= 0.3 is 0 Å². The Labute approximate surface area is 82.5 Å². The molecule has 1 rings (SSSR count). The maximum Gasteiger partial charge on any atom is 0.0431 e. The van der Waals surface area contributed by atoms with Gasteiger partial charge in [-0.2, -0.15) is 0 Å². The fraction of sp³-hybridized carbons (Fsp3) is 1.00. The molecule has 1 N–H and O–H groups in total. The van der Waals surface area contributed by atoms with E-state index < -0.39 is 0 Å². The molecule has 11 heavy (non-hydrogen) atoms. The Morgan fingerprint density at radius 3 is 2.55 bits per heavy atom. The highest BCUT2D eigenvalue weighted by atomic mass is 127. The average molecular weight is 269 g/mol. The highest BCUT2D eigenvalue weighted by Crippen LogP contribution is 2.23. The van der Waals surface area contributed by atoms with Crippen molar-refractivity contribution in [3.8, 4) is 0 Å². The third kappa shape index (κ3) is 3.71.